The zero-order chi connectivity index (χ0) is 14.9. The fraction of sp³-hybridized carbons (Fsp3) is 0.333. The first-order valence-electron chi connectivity index (χ1n) is 6.90. The van der Waals surface area contributed by atoms with Gasteiger partial charge in [-0.05, 0) is 66.7 Å². The van der Waals surface area contributed by atoms with Gasteiger partial charge in [-0.1, -0.05) is 29.9 Å². The smallest absolute Gasteiger partial charge is 0.0691 e. The van der Waals surface area contributed by atoms with Crippen LogP contribution in [0.5, 0.6) is 0 Å². The molecule has 0 saturated carbocycles. The molecule has 106 valence electrons. The topological polar surface area (TPSA) is 40.5 Å². The van der Waals surface area contributed by atoms with Crippen molar-refractivity contribution in [2.24, 2.45) is 0 Å². The molecular weight excluding hydrogens is 248 g/mol. The van der Waals surface area contributed by atoms with Gasteiger partial charge >= 0.3 is 0 Å². The van der Waals surface area contributed by atoms with Crippen molar-refractivity contribution in [3.8, 4) is 0 Å². The highest BCUT2D eigenvalue weighted by molar-refractivity contribution is 5.68. The predicted octanol–water partition coefficient (Wildman–Crippen LogP) is 3.38. The van der Waals surface area contributed by atoms with Gasteiger partial charge in [0.1, 0.15) is 0 Å². The van der Waals surface area contributed by atoms with Crippen LogP contribution in [0.4, 0.5) is 0 Å². The quantitative estimate of drug-likeness (QED) is 0.807. The minimum Gasteiger partial charge on any atom is -0.392 e. The van der Waals surface area contributed by atoms with Crippen molar-refractivity contribution in [2.45, 2.75) is 27.7 Å². The first-order valence-corrected chi connectivity index (χ1v) is 6.90. The van der Waals surface area contributed by atoms with E-state index in [1.165, 1.54) is 16.7 Å². The van der Waals surface area contributed by atoms with Gasteiger partial charge in [0.2, 0.25) is 0 Å². The summed E-state index contributed by atoms with van der Waals surface area (Å²) in [5.74, 6) is 0. The minimum absolute atomic E-state index is 0.0603. The van der Waals surface area contributed by atoms with E-state index in [-0.39, 0.29) is 13.2 Å². The number of hydrogen-bond acceptors (Lipinski definition) is 2. The van der Waals surface area contributed by atoms with Gasteiger partial charge in [-0.15, -0.1) is 0 Å². The third-order valence-corrected chi connectivity index (χ3v) is 3.87. The van der Waals surface area contributed by atoms with Gasteiger partial charge in [0.05, 0.1) is 13.2 Å². The summed E-state index contributed by atoms with van der Waals surface area (Å²) in [6.07, 6.45) is 8.23. The van der Waals surface area contributed by atoms with Crippen LogP contribution < -0.4 is 0 Å². The van der Waals surface area contributed by atoms with Crippen molar-refractivity contribution in [1.82, 2.24) is 0 Å². The van der Waals surface area contributed by atoms with Crippen LogP contribution in [0.15, 0.2) is 68.9 Å². The van der Waals surface area contributed by atoms with Gasteiger partial charge in [-0.3, -0.25) is 0 Å². The zero-order valence-corrected chi connectivity index (χ0v) is 12.6. The predicted molar refractivity (Wildman–Crippen MR) is 83.3 cm³/mol. The standard InChI is InChI=1S/C18H22O2/c1-11-7-13(3)17-12(2)5-6-15(9-19)16(10-20)18(17)14(4)8-11/h5-8,19-20H,9-10H2,1-4H3. The Kier molecular flexibility index (Phi) is 4.26. The molecule has 0 aromatic rings. The molecule has 2 aliphatic carbocycles. The number of hydrogen-bond donors (Lipinski definition) is 2. The summed E-state index contributed by atoms with van der Waals surface area (Å²) in [4.78, 5) is 0. The van der Waals surface area contributed by atoms with Crippen LogP contribution in [0.3, 0.4) is 0 Å². The van der Waals surface area contributed by atoms with E-state index in [9.17, 15) is 10.2 Å². The van der Waals surface area contributed by atoms with E-state index in [4.69, 9.17) is 0 Å². The SMILES string of the molecule is CC1=CC(C)=C2C(C)=CC=C(CO)C(CO)=C2C(C)=C1. The maximum atomic E-state index is 9.80. The second-order valence-corrected chi connectivity index (χ2v) is 5.49. The molecule has 2 N–H and O–H groups in total. The van der Waals surface area contributed by atoms with Crippen molar-refractivity contribution >= 4 is 0 Å². The maximum absolute atomic E-state index is 9.80. The molecule has 0 spiro atoms. The van der Waals surface area contributed by atoms with Crippen molar-refractivity contribution in [3.05, 3.63) is 68.9 Å². The van der Waals surface area contributed by atoms with Crippen LogP contribution in [-0.2, 0) is 0 Å². The Morgan fingerprint density at radius 1 is 0.800 bits per heavy atom. The van der Waals surface area contributed by atoms with Crippen molar-refractivity contribution in [3.63, 3.8) is 0 Å². The lowest BCUT2D eigenvalue weighted by Crippen LogP contribution is -2.07. The Morgan fingerprint density at radius 3 is 2.10 bits per heavy atom. The monoisotopic (exact) mass is 270 g/mol. The highest BCUT2D eigenvalue weighted by atomic mass is 16.3. The van der Waals surface area contributed by atoms with Crippen LogP contribution in [0.1, 0.15) is 27.7 Å². The van der Waals surface area contributed by atoms with E-state index >= 15 is 0 Å². The van der Waals surface area contributed by atoms with Crippen LogP contribution in [0.25, 0.3) is 0 Å². The van der Waals surface area contributed by atoms with Crippen molar-refractivity contribution in [2.75, 3.05) is 13.2 Å². The molecule has 20 heavy (non-hydrogen) atoms. The van der Waals surface area contributed by atoms with E-state index < -0.39 is 0 Å². The van der Waals surface area contributed by atoms with Gasteiger partial charge < -0.3 is 10.2 Å². The minimum atomic E-state index is -0.0656. The van der Waals surface area contributed by atoms with Gasteiger partial charge in [0, 0.05) is 0 Å². The molecule has 0 unspecified atom stereocenters. The van der Waals surface area contributed by atoms with Gasteiger partial charge in [0.25, 0.3) is 0 Å². The van der Waals surface area contributed by atoms with Gasteiger partial charge in [-0.25, -0.2) is 0 Å². The molecule has 2 rings (SSSR count). The summed E-state index contributed by atoms with van der Waals surface area (Å²) < 4.78 is 0. The third-order valence-electron chi connectivity index (χ3n) is 3.87. The van der Waals surface area contributed by atoms with E-state index in [2.05, 4.69) is 39.8 Å². The molecule has 0 amide bonds. The number of aliphatic hydroxyl groups is 2. The summed E-state index contributed by atoms with van der Waals surface area (Å²) in [5, 5.41) is 19.4. The fourth-order valence-electron chi connectivity index (χ4n) is 3.06. The lowest BCUT2D eigenvalue weighted by Gasteiger charge is -2.18. The maximum Gasteiger partial charge on any atom is 0.0691 e. The fourth-order valence-corrected chi connectivity index (χ4v) is 3.06. The van der Waals surface area contributed by atoms with E-state index in [0.717, 1.165) is 27.9 Å². The Hall–Kier alpha value is -1.64. The van der Waals surface area contributed by atoms with Gasteiger partial charge in [-0.2, -0.15) is 0 Å². The molecule has 2 heteroatoms. The summed E-state index contributed by atoms with van der Waals surface area (Å²) in [5.41, 5.74) is 8.52. The summed E-state index contributed by atoms with van der Waals surface area (Å²) in [6.45, 7) is 8.20. The summed E-state index contributed by atoms with van der Waals surface area (Å²) in [6, 6.07) is 0. The van der Waals surface area contributed by atoms with Crippen molar-refractivity contribution in [1.29, 1.82) is 0 Å². The normalized spacial score (nSPS) is 19.7. The summed E-state index contributed by atoms with van der Waals surface area (Å²) >= 11 is 0. The Balaban J connectivity index is 2.85. The van der Waals surface area contributed by atoms with E-state index in [0.29, 0.717) is 0 Å². The highest BCUT2D eigenvalue weighted by Gasteiger charge is 2.22. The molecule has 0 fully saturated rings. The highest BCUT2D eigenvalue weighted by Crippen LogP contribution is 2.38. The van der Waals surface area contributed by atoms with Crippen LogP contribution >= 0.6 is 0 Å². The Labute approximate surface area is 120 Å². The largest absolute Gasteiger partial charge is 0.392 e. The molecule has 0 atom stereocenters. The first-order chi connectivity index (χ1) is 9.49. The Morgan fingerprint density at radius 2 is 1.50 bits per heavy atom. The van der Waals surface area contributed by atoms with Gasteiger partial charge in [0.15, 0.2) is 0 Å². The summed E-state index contributed by atoms with van der Waals surface area (Å²) in [7, 11) is 0. The van der Waals surface area contributed by atoms with Crippen LogP contribution in [0, 0.1) is 0 Å². The lowest BCUT2D eigenvalue weighted by atomic mass is 9.87. The molecule has 0 heterocycles. The molecule has 0 aromatic carbocycles. The average molecular weight is 270 g/mol. The molecule has 0 radical (unpaired) electrons. The zero-order valence-electron chi connectivity index (χ0n) is 12.6. The molecule has 0 aromatic heterocycles. The molecular formula is C18H22O2. The number of rotatable bonds is 2. The molecule has 0 saturated heterocycles. The lowest BCUT2D eigenvalue weighted by molar-refractivity contribution is 0.310. The van der Waals surface area contributed by atoms with Crippen molar-refractivity contribution < 1.29 is 10.2 Å². The molecule has 0 aliphatic heterocycles. The first kappa shape index (κ1) is 14.8. The average Bonchev–Trinajstić information content (AvgIpc) is 2.60. The van der Waals surface area contributed by atoms with E-state index in [1.54, 1.807) is 0 Å². The third kappa shape index (κ3) is 2.49. The number of fused-ring (bicyclic) bond motifs is 1. The second-order valence-electron chi connectivity index (χ2n) is 5.49. The molecule has 2 nitrogen and oxygen atoms in total. The Bertz CT molecular complexity index is 620. The van der Waals surface area contributed by atoms with E-state index in [1.807, 2.05) is 12.2 Å². The number of aliphatic hydroxyl groups excluding tert-OH is 2. The molecule has 2 aliphatic rings. The van der Waals surface area contributed by atoms with Crippen LogP contribution in [-0.4, -0.2) is 23.4 Å². The van der Waals surface area contributed by atoms with Crippen LogP contribution in [0.2, 0.25) is 0 Å². The molecule has 0 bridgehead atoms. The number of allylic oxidation sites excluding steroid dienone is 10. The second kappa shape index (κ2) is 5.78.